The second-order valence-electron chi connectivity index (χ2n) is 6.69. The van der Waals surface area contributed by atoms with Crippen LogP contribution in [0.5, 0.6) is 0 Å². The minimum absolute atomic E-state index is 0.135. The third-order valence-corrected chi connectivity index (χ3v) is 5.07. The van der Waals surface area contributed by atoms with E-state index >= 15 is 0 Å². The van der Waals surface area contributed by atoms with Gasteiger partial charge in [-0.3, -0.25) is 14.2 Å². The highest BCUT2D eigenvalue weighted by molar-refractivity contribution is 5.83. The Bertz CT molecular complexity index is 1050. The lowest BCUT2D eigenvalue weighted by Crippen LogP contribution is -2.50. The fraction of sp³-hybridized carbons (Fsp3) is 0.286. The smallest absolute Gasteiger partial charge is 0.262 e. The lowest BCUT2D eigenvalue weighted by atomic mass is 10.1. The number of hydrogen-bond acceptors (Lipinski definition) is 4. The molecule has 0 radical (unpaired) electrons. The Morgan fingerprint density at radius 1 is 1.04 bits per heavy atom. The SMILES string of the molecule is CO[C@H]1c2nc3ccccc3c(=O)n2[C@@H](C)C(=O)N1CCc1ccccc1. The van der Waals surface area contributed by atoms with Gasteiger partial charge in [0.2, 0.25) is 5.91 Å². The Morgan fingerprint density at radius 3 is 2.48 bits per heavy atom. The van der Waals surface area contributed by atoms with Crippen LogP contribution in [0.25, 0.3) is 10.9 Å². The molecule has 0 saturated carbocycles. The highest BCUT2D eigenvalue weighted by Gasteiger charge is 2.39. The summed E-state index contributed by atoms with van der Waals surface area (Å²) in [7, 11) is 1.54. The number of para-hydroxylation sites is 1. The second-order valence-corrected chi connectivity index (χ2v) is 6.69. The van der Waals surface area contributed by atoms with E-state index in [9.17, 15) is 9.59 Å². The number of hydrogen-bond donors (Lipinski definition) is 0. The molecule has 27 heavy (non-hydrogen) atoms. The Kier molecular flexibility index (Phi) is 4.49. The molecule has 0 unspecified atom stereocenters. The molecule has 0 saturated heterocycles. The number of rotatable bonds is 4. The molecule has 2 aromatic carbocycles. The predicted molar refractivity (Wildman–Crippen MR) is 102 cm³/mol. The van der Waals surface area contributed by atoms with Crippen LogP contribution in [0.3, 0.4) is 0 Å². The highest BCUT2D eigenvalue weighted by Crippen LogP contribution is 2.30. The molecule has 6 heteroatoms. The first-order valence-corrected chi connectivity index (χ1v) is 9.00. The van der Waals surface area contributed by atoms with Crippen molar-refractivity contribution in [1.29, 1.82) is 0 Å². The summed E-state index contributed by atoms with van der Waals surface area (Å²) in [6.07, 6.45) is 0.0199. The largest absolute Gasteiger partial charge is 0.354 e. The van der Waals surface area contributed by atoms with Gasteiger partial charge in [-0.15, -0.1) is 0 Å². The first-order chi connectivity index (χ1) is 13.1. The predicted octanol–water partition coefficient (Wildman–Crippen LogP) is 2.69. The number of amides is 1. The average Bonchev–Trinajstić information content (AvgIpc) is 2.70. The molecule has 1 aromatic heterocycles. The van der Waals surface area contributed by atoms with Crippen molar-refractivity contribution < 1.29 is 9.53 Å². The van der Waals surface area contributed by atoms with E-state index < -0.39 is 12.3 Å². The van der Waals surface area contributed by atoms with E-state index in [1.165, 1.54) is 11.7 Å². The maximum Gasteiger partial charge on any atom is 0.262 e. The standard InChI is InChI=1S/C21H21N3O3/c1-14-19(25)23(13-12-15-8-4-3-5-9-15)21(27-2)18-22-17-11-7-6-10-16(17)20(26)24(14)18/h3-11,14,21H,12-13H2,1-2H3/t14-,21-/m0/s1. The minimum atomic E-state index is -0.685. The summed E-state index contributed by atoms with van der Waals surface area (Å²) in [5.74, 6) is 0.339. The quantitative estimate of drug-likeness (QED) is 0.715. The molecule has 0 spiro atoms. The molecular weight excluding hydrogens is 342 g/mol. The summed E-state index contributed by atoms with van der Waals surface area (Å²) in [6, 6.07) is 16.6. The van der Waals surface area contributed by atoms with E-state index in [1.807, 2.05) is 36.4 Å². The van der Waals surface area contributed by atoms with Crippen LogP contribution in [-0.2, 0) is 16.0 Å². The van der Waals surface area contributed by atoms with Crippen molar-refractivity contribution in [2.45, 2.75) is 25.6 Å². The Morgan fingerprint density at radius 2 is 1.74 bits per heavy atom. The van der Waals surface area contributed by atoms with Crippen LogP contribution in [0, 0.1) is 0 Å². The average molecular weight is 363 g/mol. The third kappa shape index (κ3) is 2.92. The fourth-order valence-corrected chi connectivity index (χ4v) is 3.67. The molecule has 6 nitrogen and oxygen atoms in total. The van der Waals surface area contributed by atoms with E-state index in [1.54, 1.807) is 30.0 Å². The number of benzene rings is 2. The normalized spacial score (nSPS) is 19.3. The maximum atomic E-state index is 13.0. The molecule has 2 atom stereocenters. The Balaban J connectivity index is 1.77. The van der Waals surface area contributed by atoms with Crippen molar-refractivity contribution in [3.05, 3.63) is 76.3 Å². The summed E-state index contributed by atoms with van der Waals surface area (Å²) in [4.78, 5) is 32.3. The number of fused-ring (bicyclic) bond motifs is 2. The molecule has 0 N–H and O–H groups in total. The van der Waals surface area contributed by atoms with E-state index in [0.717, 1.165) is 5.56 Å². The van der Waals surface area contributed by atoms with E-state index in [0.29, 0.717) is 29.7 Å². The van der Waals surface area contributed by atoms with Gasteiger partial charge in [-0.25, -0.2) is 4.98 Å². The monoisotopic (exact) mass is 363 g/mol. The molecule has 1 aliphatic heterocycles. The number of carbonyl (C=O) groups excluding carboxylic acids is 1. The summed E-state index contributed by atoms with van der Waals surface area (Å²) in [5, 5.41) is 0.508. The molecule has 0 aliphatic carbocycles. The molecule has 1 aliphatic rings. The Hall–Kier alpha value is -2.99. The zero-order chi connectivity index (χ0) is 19.0. The molecule has 2 heterocycles. The van der Waals surface area contributed by atoms with Gasteiger partial charge in [0, 0.05) is 13.7 Å². The fourth-order valence-electron chi connectivity index (χ4n) is 3.67. The van der Waals surface area contributed by atoms with Gasteiger partial charge >= 0.3 is 0 Å². The van der Waals surface area contributed by atoms with Crippen molar-refractivity contribution in [2.75, 3.05) is 13.7 Å². The van der Waals surface area contributed by atoms with Crippen LogP contribution in [-0.4, -0.2) is 34.0 Å². The van der Waals surface area contributed by atoms with Crippen LogP contribution in [0.4, 0.5) is 0 Å². The molecular formula is C21H21N3O3. The summed E-state index contributed by atoms with van der Waals surface area (Å²) < 4.78 is 7.09. The maximum absolute atomic E-state index is 13.0. The number of aromatic nitrogens is 2. The molecule has 1 amide bonds. The molecule has 4 rings (SSSR count). The van der Waals surface area contributed by atoms with Gasteiger partial charge in [0.15, 0.2) is 12.1 Å². The van der Waals surface area contributed by atoms with Gasteiger partial charge < -0.3 is 9.64 Å². The first-order valence-electron chi connectivity index (χ1n) is 9.00. The highest BCUT2D eigenvalue weighted by atomic mass is 16.5. The summed E-state index contributed by atoms with van der Waals surface area (Å²) in [6.45, 7) is 2.24. The number of ether oxygens (including phenoxy) is 1. The summed E-state index contributed by atoms with van der Waals surface area (Å²) in [5.41, 5.74) is 1.55. The zero-order valence-corrected chi connectivity index (χ0v) is 15.3. The lowest BCUT2D eigenvalue weighted by Gasteiger charge is -2.38. The van der Waals surface area contributed by atoms with Crippen molar-refractivity contribution in [2.24, 2.45) is 0 Å². The van der Waals surface area contributed by atoms with Gasteiger partial charge in [-0.1, -0.05) is 42.5 Å². The van der Waals surface area contributed by atoms with Crippen LogP contribution in [0.15, 0.2) is 59.4 Å². The molecule has 138 valence electrons. The van der Waals surface area contributed by atoms with Crippen LogP contribution >= 0.6 is 0 Å². The van der Waals surface area contributed by atoms with Crippen molar-refractivity contribution >= 4 is 16.8 Å². The van der Waals surface area contributed by atoms with Crippen LogP contribution in [0.2, 0.25) is 0 Å². The number of carbonyl (C=O) groups is 1. The Labute approximate surface area is 157 Å². The minimum Gasteiger partial charge on any atom is -0.354 e. The van der Waals surface area contributed by atoms with Crippen molar-refractivity contribution in [3.63, 3.8) is 0 Å². The van der Waals surface area contributed by atoms with E-state index in [4.69, 9.17) is 4.74 Å². The third-order valence-electron chi connectivity index (χ3n) is 5.07. The topological polar surface area (TPSA) is 64.4 Å². The van der Waals surface area contributed by atoms with Crippen LogP contribution < -0.4 is 5.56 Å². The van der Waals surface area contributed by atoms with Crippen LogP contribution in [0.1, 0.15) is 30.6 Å². The van der Waals surface area contributed by atoms with Gasteiger partial charge in [-0.05, 0) is 31.0 Å². The number of methoxy groups -OCH3 is 1. The number of nitrogens with zero attached hydrogens (tertiary/aromatic N) is 3. The summed E-state index contributed by atoms with van der Waals surface area (Å²) >= 11 is 0. The van der Waals surface area contributed by atoms with Gasteiger partial charge in [0.1, 0.15) is 6.04 Å². The molecule has 3 aromatic rings. The van der Waals surface area contributed by atoms with Gasteiger partial charge in [0.05, 0.1) is 10.9 Å². The van der Waals surface area contributed by atoms with Gasteiger partial charge in [-0.2, -0.15) is 0 Å². The van der Waals surface area contributed by atoms with E-state index in [-0.39, 0.29) is 11.5 Å². The van der Waals surface area contributed by atoms with Crippen molar-refractivity contribution in [1.82, 2.24) is 14.5 Å². The van der Waals surface area contributed by atoms with E-state index in [2.05, 4.69) is 4.98 Å². The first kappa shape index (κ1) is 17.4. The molecule has 0 fully saturated rings. The van der Waals surface area contributed by atoms with Crippen molar-refractivity contribution in [3.8, 4) is 0 Å². The molecule has 0 bridgehead atoms. The zero-order valence-electron chi connectivity index (χ0n) is 15.3. The van der Waals surface area contributed by atoms with Gasteiger partial charge in [0.25, 0.3) is 5.56 Å². The second kappa shape index (κ2) is 6.96. The lowest BCUT2D eigenvalue weighted by molar-refractivity contribution is -0.154.